The predicted octanol–water partition coefficient (Wildman–Crippen LogP) is -7.37. The third-order valence-electron chi connectivity index (χ3n) is 2.43. The minimum Gasteiger partial charge on any atom is -0.549 e. The smallest absolute Gasteiger partial charge is 0.549 e. The fraction of sp³-hybridized carbons (Fsp3) is 0.400. The van der Waals surface area contributed by atoms with E-state index >= 15 is 0 Å². The van der Waals surface area contributed by atoms with Gasteiger partial charge in [0.1, 0.15) is 0 Å². The third-order valence-corrected chi connectivity index (χ3v) is 2.43. The first kappa shape index (κ1) is 18.8. The van der Waals surface area contributed by atoms with Gasteiger partial charge in [-0.15, -0.1) is 0 Å². The largest absolute Gasteiger partial charge is 1.00 e. The molecule has 0 amide bonds. The van der Waals surface area contributed by atoms with Crippen LogP contribution in [0.2, 0.25) is 0 Å². The minimum absolute atomic E-state index is 0. The van der Waals surface area contributed by atoms with Crippen molar-refractivity contribution < 1.29 is 78.9 Å². The Morgan fingerprint density at radius 2 is 1.00 bits per heavy atom. The molecule has 1 aliphatic rings. The van der Waals surface area contributed by atoms with Gasteiger partial charge in [-0.25, -0.2) is 0 Å². The number of carbonyl (C=O) groups excluding carboxylic acids is 2. The topological polar surface area (TPSA) is 80.3 Å². The van der Waals surface area contributed by atoms with Crippen molar-refractivity contribution in [3.8, 4) is 0 Å². The molecular weight excluding hydrogens is 230 g/mol. The first-order valence-corrected chi connectivity index (χ1v) is 4.14. The van der Waals surface area contributed by atoms with E-state index < -0.39 is 22.8 Å². The number of hydrogen-bond acceptors (Lipinski definition) is 4. The van der Waals surface area contributed by atoms with Gasteiger partial charge in [0.2, 0.25) is 0 Å². The Kier molecular flexibility index (Phi) is 7.49. The molecule has 0 bridgehead atoms. The minimum atomic E-state index is -1.26. The summed E-state index contributed by atoms with van der Waals surface area (Å²) in [6.45, 7) is 2.87. The third kappa shape index (κ3) is 3.72. The van der Waals surface area contributed by atoms with Crippen LogP contribution < -0.4 is 69.3 Å². The molecule has 0 saturated heterocycles. The van der Waals surface area contributed by atoms with E-state index in [-0.39, 0.29) is 59.1 Å². The van der Waals surface area contributed by atoms with Gasteiger partial charge in [-0.1, -0.05) is 24.3 Å². The molecule has 0 aromatic carbocycles. The van der Waals surface area contributed by atoms with Crippen LogP contribution in [0.5, 0.6) is 0 Å². The zero-order valence-corrected chi connectivity index (χ0v) is 13.9. The van der Waals surface area contributed by atoms with Crippen molar-refractivity contribution in [1.82, 2.24) is 0 Å². The molecule has 0 spiro atoms. The van der Waals surface area contributed by atoms with Crippen molar-refractivity contribution in [2.75, 3.05) is 0 Å². The Morgan fingerprint density at radius 3 is 1.12 bits per heavy atom. The van der Waals surface area contributed by atoms with Gasteiger partial charge < -0.3 is 19.8 Å². The summed E-state index contributed by atoms with van der Waals surface area (Å²) in [5.41, 5.74) is -2.45. The second-order valence-corrected chi connectivity index (χ2v) is 3.81. The van der Waals surface area contributed by atoms with E-state index in [4.69, 9.17) is 0 Å². The SMILES string of the molecule is CC1(C(=O)[O-])C=CC(C)(C(=O)[O-])C=C1.[Na+].[Na+]. The number of carboxylic acid groups (broad SMARTS) is 2. The molecule has 0 radical (unpaired) electrons. The molecule has 1 aliphatic carbocycles. The predicted molar refractivity (Wildman–Crippen MR) is 44.5 cm³/mol. The summed E-state index contributed by atoms with van der Waals surface area (Å²) in [6.07, 6.45) is 5.21. The zero-order valence-electron chi connectivity index (χ0n) is 9.94. The summed E-state index contributed by atoms with van der Waals surface area (Å²) in [5, 5.41) is 21.4. The number of carboxylic acids is 2. The van der Waals surface area contributed by atoms with Crippen molar-refractivity contribution in [2.24, 2.45) is 10.8 Å². The second-order valence-electron chi connectivity index (χ2n) is 3.81. The van der Waals surface area contributed by atoms with Gasteiger partial charge in [-0.05, 0) is 13.8 Å². The molecule has 0 fully saturated rings. The number of carbonyl (C=O) groups is 2. The van der Waals surface area contributed by atoms with E-state index in [1.807, 2.05) is 0 Å². The molecule has 0 aliphatic heterocycles. The van der Waals surface area contributed by atoms with Gasteiger partial charge in [0, 0.05) is 10.8 Å². The molecule has 0 unspecified atom stereocenters. The Bertz CT molecular complexity index is 301. The molecule has 0 atom stereocenters. The van der Waals surface area contributed by atoms with Crippen LogP contribution in [0, 0.1) is 10.8 Å². The fourth-order valence-corrected chi connectivity index (χ4v) is 1.08. The molecule has 16 heavy (non-hydrogen) atoms. The standard InChI is InChI=1S/C10H12O4.2Na/c1-9(7(11)12)3-5-10(2,6-4-9)8(13)14;;/h3-6H,1-2H3,(H,11,12)(H,13,14);;/q;2*+1/p-2. The summed E-state index contributed by atoms with van der Waals surface area (Å²) in [6, 6.07) is 0. The van der Waals surface area contributed by atoms with Gasteiger partial charge >= 0.3 is 59.1 Å². The molecule has 76 valence electrons. The van der Waals surface area contributed by atoms with Gasteiger partial charge in [0.15, 0.2) is 0 Å². The van der Waals surface area contributed by atoms with Gasteiger partial charge in [0.25, 0.3) is 0 Å². The van der Waals surface area contributed by atoms with Crippen molar-refractivity contribution in [3.05, 3.63) is 24.3 Å². The summed E-state index contributed by atoms with van der Waals surface area (Å²) >= 11 is 0. The second kappa shape index (κ2) is 6.38. The van der Waals surface area contributed by atoms with Gasteiger partial charge in [-0.2, -0.15) is 0 Å². The molecule has 4 nitrogen and oxygen atoms in total. The van der Waals surface area contributed by atoms with Crippen LogP contribution in [0.15, 0.2) is 24.3 Å². The Labute approximate surface area is 138 Å². The average Bonchev–Trinajstić information content (AvgIpc) is 2.10. The monoisotopic (exact) mass is 240 g/mol. The Balaban J connectivity index is 0. The molecular formula is C10H10Na2O4. The van der Waals surface area contributed by atoms with Crippen molar-refractivity contribution in [2.45, 2.75) is 13.8 Å². The summed E-state index contributed by atoms with van der Waals surface area (Å²) in [4.78, 5) is 21.4. The van der Waals surface area contributed by atoms with Crippen LogP contribution in [0.1, 0.15) is 13.8 Å². The fourth-order valence-electron chi connectivity index (χ4n) is 1.08. The molecule has 0 aromatic rings. The van der Waals surface area contributed by atoms with E-state index in [1.165, 1.54) is 38.2 Å². The Hall–Kier alpha value is 0.420. The maximum atomic E-state index is 10.7. The van der Waals surface area contributed by atoms with E-state index in [1.54, 1.807) is 0 Å². The van der Waals surface area contributed by atoms with Gasteiger partial charge in [-0.3, -0.25) is 0 Å². The molecule has 0 aromatic heterocycles. The average molecular weight is 240 g/mol. The van der Waals surface area contributed by atoms with E-state index in [9.17, 15) is 19.8 Å². The molecule has 1 rings (SSSR count). The van der Waals surface area contributed by atoms with Gasteiger partial charge in [0.05, 0.1) is 11.9 Å². The number of hydrogen-bond donors (Lipinski definition) is 0. The first-order chi connectivity index (χ1) is 6.30. The van der Waals surface area contributed by atoms with Crippen LogP contribution in [-0.4, -0.2) is 11.9 Å². The summed E-state index contributed by atoms with van der Waals surface area (Å²) in [7, 11) is 0. The molecule has 0 saturated carbocycles. The summed E-state index contributed by atoms with van der Waals surface area (Å²) in [5.74, 6) is -2.52. The Morgan fingerprint density at radius 1 is 0.812 bits per heavy atom. The molecule has 6 heteroatoms. The van der Waals surface area contributed by atoms with Crippen molar-refractivity contribution in [1.29, 1.82) is 0 Å². The van der Waals surface area contributed by atoms with E-state index in [2.05, 4.69) is 0 Å². The van der Waals surface area contributed by atoms with Crippen LogP contribution in [0.25, 0.3) is 0 Å². The van der Waals surface area contributed by atoms with Crippen LogP contribution in [-0.2, 0) is 9.59 Å². The number of rotatable bonds is 2. The summed E-state index contributed by atoms with van der Waals surface area (Å²) < 4.78 is 0. The van der Waals surface area contributed by atoms with Crippen LogP contribution in [0.4, 0.5) is 0 Å². The molecule has 0 N–H and O–H groups in total. The van der Waals surface area contributed by atoms with E-state index in [0.29, 0.717) is 0 Å². The maximum Gasteiger partial charge on any atom is 1.00 e. The number of aliphatic carboxylic acids is 2. The van der Waals surface area contributed by atoms with Crippen molar-refractivity contribution in [3.63, 3.8) is 0 Å². The van der Waals surface area contributed by atoms with Crippen LogP contribution >= 0.6 is 0 Å². The van der Waals surface area contributed by atoms with Crippen LogP contribution in [0.3, 0.4) is 0 Å². The van der Waals surface area contributed by atoms with Crippen molar-refractivity contribution >= 4 is 11.9 Å². The maximum absolute atomic E-state index is 10.7. The first-order valence-electron chi connectivity index (χ1n) is 4.14. The van der Waals surface area contributed by atoms with E-state index in [0.717, 1.165) is 0 Å². The normalized spacial score (nSPS) is 31.1. The quantitative estimate of drug-likeness (QED) is 0.355. The zero-order chi connectivity index (χ0) is 11.0. The molecule has 0 heterocycles.